The number of ether oxygens (including phenoxy) is 2. The summed E-state index contributed by atoms with van der Waals surface area (Å²) in [6.07, 6.45) is 0. The topological polar surface area (TPSA) is 99.4 Å². The molecular weight excluding hydrogens is 336 g/mol. The Hall–Kier alpha value is -3.54. The maximum Gasteiger partial charge on any atom is 0.161 e. The highest BCUT2D eigenvalue weighted by atomic mass is 16.5. The van der Waals surface area contributed by atoms with E-state index in [0.717, 1.165) is 0 Å². The van der Waals surface area contributed by atoms with Crippen LogP contribution in [0.2, 0.25) is 0 Å². The van der Waals surface area contributed by atoms with Crippen molar-refractivity contribution in [1.82, 2.24) is 0 Å². The van der Waals surface area contributed by atoms with Gasteiger partial charge in [0, 0.05) is 0 Å². The highest BCUT2D eigenvalue weighted by Crippen LogP contribution is 2.45. The van der Waals surface area contributed by atoms with Crippen LogP contribution in [0.5, 0.6) is 34.5 Å². The average Bonchev–Trinajstić information content (AvgIpc) is 2.62. The van der Waals surface area contributed by atoms with Crippen LogP contribution in [0.3, 0.4) is 0 Å². The number of hydrogen-bond acceptors (Lipinski definition) is 6. The fraction of sp³-hybridized carbons (Fsp3) is 0.100. The standard InChI is InChI=1S/C20H16O6/c1-25-19-7-13-10-4-16(22)15(21)3-9(10)11-5-17(23)20(26-2)8-14(11)12(13)6-18(19)24/h3-8,21-24H,1-2H3. The highest BCUT2D eigenvalue weighted by Gasteiger charge is 2.17. The second-order valence-electron chi connectivity index (χ2n) is 6.03. The number of methoxy groups -OCH3 is 2. The summed E-state index contributed by atoms with van der Waals surface area (Å²) in [5, 5.41) is 44.4. The van der Waals surface area contributed by atoms with E-state index < -0.39 is 0 Å². The molecule has 26 heavy (non-hydrogen) atoms. The molecule has 4 aromatic carbocycles. The lowest BCUT2D eigenvalue weighted by Crippen LogP contribution is -1.89. The quantitative estimate of drug-likeness (QED) is 0.322. The fourth-order valence-corrected chi connectivity index (χ4v) is 3.38. The van der Waals surface area contributed by atoms with Crippen molar-refractivity contribution in [3.63, 3.8) is 0 Å². The van der Waals surface area contributed by atoms with Gasteiger partial charge in [-0.05, 0) is 68.7 Å². The van der Waals surface area contributed by atoms with Gasteiger partial charge in [0.15, 0.2) is 34.5 Å². The van der Waals surface area contributed by atoms with Gasteiger partial charge < -0.3 is 29.9 Å². The number of phenolic OH excluding ortho intramolecular Hbond substituents is 4. The first-order valence-electron chi connectivity index (χ1n) is 7.83. The summed E-state index contributed by atoms with van der Waals surface area (Å²) >= 11 is 0. The lowest BCUT2D eigenvalue weighted by molar-refractivity contribution is 0.374. The molecule has 0 bridgehead atoms. The predicted octanol–water partition coefficient (Wildman–Crippen LogP) is 3.99. The molecule has 0 unspecified atom stereocenters. The van der Waals surface area contributed by atoms with Crippen molar-refractivity contribution in [2.45, 2.75) is 0 Å². The van der Waals surface area contributed by atoms with E-state index >= 15 is 0 Å². The Bertz CT molecular complexity index is 1160. The Morgan fingerprint density at radius 3 is 1.04 bits per heavy atom. The lowest BCUT2D eigenvalue weighted by atomic mass is 9.93. The highest BCUT2D eigenvalue weighted by molar-refractivity contribution is 6.26. The van der Waals surface area contributed by atoms with Crippen molar-refractivity contribution in [2.75, 3.05) is 14.2 Å². The van der Waals surface area contributed by atoms with Gasteiger partial charge >= 0.3 is 0 Å². The molecule has 0 heterocycles. The molecule has 4 rings (SSSR count). The van der Waals surface area contributed by atoms with E-state index in [1.807, 2.05) is 0 Å². The van der Waals surface area contributed by atoms with Crippen LogP contribution in [-0.2, 0) is 0 Å². The van der Waals surface area contributed by atoms with Crippen LogP contribution in [0.4, 0.5) is 0 Å². The first-order chi connectivity index (χ1) is 12.4. The summed E-state index contributed by atoms with van der Waals surface area (Å²) in [5.74, 6) is -0.0308. The minimum atomic E-state index is -0.265. The molecule has 0 aliphatic rings. The molecule has 4 N–H and O–H groups in total. The Morgan fingerprint density at radius 1 is 0.462 bits per heavy atom. The molecule has 6 nitrogen and oxygen atoms in total. The Morgan fingerprint density at radius 2 is 0.731 bits per heavy atom. The van der Waals surface area contributed by atoms with Crippen LogP contribution >= 0.6 is 0 Å². The van der Waals surface area contributed by atoms with Gasteiger partial charge in [-0.25, -0.2) is 0 Å². The van der Waals surface area contributed by atoms with Gasteiger partial charge in [-0.15, -0.1) is 0 Å². The number of aromatic hydroxyl groups is 4. The molecule has 0 atom stereocenters. The number of hydrogen-bond donors (Lipinski definition) is 4. The fourth-order valence-electron chi connectivity index (χ4n) is 3.38. The Labute approximate surface area is 148 Å². The molecule has 0 aliphatic carbocycles. The normalized spacial score (nSPS) is 11.3. The van der Waals surface area contributed by atoms with Gasteiger partial charge in [0.1, 0.15) is 0 Å². The van der Waals surface area contributed by atoms with Crippen LogP contribution in [0, 0.1) is 0 Å². The number of phenols is 4. The van der Waals surface area contributed by atoms with Gasteiger partial charge in [0.2, 0.25) is 0 Å². The summed E-state index contributed by atoms with van der Waals surface area (Å²) in [5.41, 5.74) is 0. The maximum atomic E-state index is 10.2. The largest absolute Gasteiger partial charge is 0.504 e. The number of rotatable bonds is 2. The summed E-state index contributed by atoms with van der Waals surface area (Å²) in [4.78, 5) is 0. The van der Waals surface area contributed by atoms with Crippen molar-refractivity contribution in [3.8, 4) is 34.5 Å². The van der Waals surface area contributed by atoms with Crippen molar-refractivity contribution < 1.29 is 29.9 Å². The van der Waals surface area contributed by atoms with E-state index in [4.69, 9.17) is 9.47 Å². The SMILES string of the molecule is COc1cc2c3cc(O)c(O)cc3c3cc(O)c(OC)cc3c2cc1O. The molecule has 0 spiro atoms. The smallest absolute Gasteiger partial charge is 0.161 e. The van der Waals surface area contributed by atoms with Gasteiger partial charge in [-0.3, -0.25) is 0 Å². The zero-order valence-corrected chi connectivity index (χ0v) is 14.1. The molecule has 0 fully saturated rings. The summed E-state index contributed by atoms with van der Waals surface area (Å²) < 4.78 is 10.4. The van der Waals surface area contributed by atoms with E-state index in [1.165, 1.54) is 32.4 Å². The Balaban J connectivity index is 2.34. The second kappa shape index (κ2) is 5.49. The minimum absolute atomic E-state index is 0.0318. The third kappa shape index (κ3) is 2.12. The van der Waals surface area contributed by atoms with Crippen LogP contribution in [0.25, 0.3) is 32.3 Å². The maximum absolute atomic E-state index is 10.2. The van der Waals surface area contributed by atoms with E-state index in [0.29, 0.717) is 32.3 Å². The monoisotopic (exact) mass is 352 g/mol. The third-order valence-corrected chi connectivity index (χ3v) is 4.62. The van der Waals surface area contributed by atoms with Gasteiger partial charge in [0.05, 0.1) is 14.2 Å². The van der Waals surface area contributed by atoms with Gasteiger partial charge in [-0.2, -0.15) is 0 Å². The van der Waals surface area contributed by atoms with E-state index in [-0.39, 0.29) is 34.5 Å². The zero-order valence-electron chi connectivity index (χ0n) is 14.1. The summed E-state index contributed by atoms with van der Waals surface area (Å²) in [6, 6.07) is 9.33. The first-order valence-corrected chi connectivity index (χ1v) is 7.83. The Kier molecular flexibility index (Phi) is 3.37. The van der Waals surface area contributed by atoms with Gasteiger partial charge in [0.25, 0.3) is 0 Å². The van der Waals surface area contributed by atoms with Crippen LogP contribution in [0.1, 0.15) is 0 Å². The van der Waals surface area contributed by atoms with Crippen molar-refractivity contribution >= 4 is 32.3 Å². The summed E-state index contributed by atoms with van der Waals surface area (Å²) in [7, 11) is 2.91. The molecular formula is C20H16O6. The molecule has 0 aliphatic heterocycles. The van der Waals surface area contributed by atoms with Crippen molar-refractivity contribution in [1.29, 1.82) is 0 Å². The van der Waals surface area contributed by atoms with Crippen molar-refractivity contribution in [2.24, 2.45) is 0 Å². The van der Waals surface area contributed by atoms with E-state index in [9.17, 15) is 20.4 Å². The molecule has 6 heteroatoms. The zero-order chi connectivity index (χ0) is 18.6. The van der Waals surface area contributed by atoms with Crippen molar-refractivity contribution in [3.05, 3.63) is 36.4 Å². The van der Waals surface area contributed by atoms with E-state index in [2.05, 4.69) is 0 Å². The molecule has 0 saturated carbocycles. The number of fused-ring (bicyclic) bond motifs is 6. The first kappa shape index (κ1) is 16.0. The second-order valence-corrected chi connectivity index (χ2v) is 6.03. The van der Waals surface area contributed by atoms with Crippen LogP contribution in [0.15, 0.2) is 36.4 Å². The van der Waals surface area contributed by atoms with Crippen LogP contribution in [-0.4, -0.2) is 34.6 Å². The minimum Gasteiger partial charge on any atom is -0.504 e. The predicted molar refractivity (Wildman–Crippen MR) is 98.7 cm³/mol. The lowest BCUT2D eigenvalue weighted by Gasteiger charge is -2.15. The average molecular weight is 352 g/mol. The molecule has 4 aromatic rings. The molecule has 0 amide bonds. The van der Waals surface area contributed by atoms with Crippen LogP contribution < -0.4 is 9.47 Å². The molecule has 0 radical (unpaired) electrons. The summed E-state index contributed by atoms with van der Waals surface area (Å²) in [6.45, 7) is 0. The number of benzene rings is 4. The third-order valence-electron chi connectivity index (χ3n) is 4.62. The van der Waals surface area contributed by atoms with Gasteiger partial charge in [-0.1, -0.05) is 0 Å². The molecule has 132 valence electrons. The molecule has 0 aromatic heterocycles. The van der Waals surface area contributed by atoms with E-state index in [1.54, 1.807) is 18.2 Å². The molecule has 0 saturated heterocycles.